The Balaban J connectivity index is 1.21. The number of nitrogens with zero attached hydrogens (tertiary/aromatic N) is 2. The minimum Gasteiger partial charge on any atom is -0.477 e. The number of benzene rings is 1. The Morgan fingerprint density at radius 3 is 2.60 bits per heavy atom. The minimum absolute atomic E-state index is 0.0288. The summed E-state index contributed by atoms with van der Waals surface area (Å²) >= 11 is 1.45. The molecule has 3 aliphatic rings. The first kappa shape index (κ1) is 25.1. The second kappa shape index (κ2) is 10.3. The molecule has 1 aromatic carbocycles. The molecule has 1 aromatic rings. The maximum absolute atomic E-state index is 12.4. The number of nitrogens with one attached hydrogen (secondary N) is 2. The smallest absolute Gasteiger partial charge is 0.407 e. The topological polar surface area (TPSA) is 143 Å². The number of aliphatic hydroxyl groups is 1. The molecule has 2 amide bonds. The maximum Gasteiger partial charge on any atom is 0.407 e. The number of thioether (sulfide) groups is 1. The highest BCUT2D eigenvalue weighted by Gasteiger charge is 2.60. The largest absolute Gasteiger partial charge is 0.477 e. The maximum atomic E-state index is 12.4. The van der Waals surface area contributed by atoms with E-state index in [1.54, 1.807) is 6.92 Å². The van der Waals surface area contributed by atoms with Gasteiger partial charge in [0.05, 0.1) is 23.9 Å². The second-order valence-electron chi connectivity index (χ2n) is 9.10. The van der Waals surface area contributed by atoms with Gasteiger partial charge in [0.25, 0.3) is 0 Å². The first-order valence-corrected chi connectivity index (χ1v) is 12.5. The van der Waals surface area contributed by atoms with Gasteiger partial charge in [-0.3, -0.25) is 10.2 Å². The molecule has 3 aliphatic heterocycles. The second-order valence-corrected chi connectivity index (χ2v) is 10.4. The molecule has 0 aromatic heterocycles. The van der Waals surface area contributed by atoms with E-state index in [-0.39, 0.29) is 42.0 Å². The number of rotatable bonds is 9. The Kier molecular flexibility index (Phi) is 7.36. The Labute approximate surface area is 207 Å². The number of amidine groups is 1. The van der Waals surface area contributed by atoms with E-state index in [2.05, 4.69) is 5.32 Å². The number of likely N-dealkylation sites (tertiary alicyclic amines) is 1. The number of carbonyl (C=O) groups excluding carboxylic acids is 2. The van der Waals surface area contributed by atoms with Gasteiger partial charge in [0, 0.05) is 42.1 Å². The van der Waals surface area contributed by atoms with Crippen molar-refractivity contribution >= 4 is 35.6 Å². The van der Waals surface area contributed by atoms with Crippen LogP contribution in [0.5, 0.6) is 0 Å². The number of amides is 2. The van der Waals surface area contributed by atoms with Crippen molar-refractivity contribution in [3.63, 3.8) is 0 Å². The SMILES string of the molecule is C[C@@H](O)[C@H]1C(=O)N2C(C(=O)O)=C(SC3CN(C(=N)CCNC(=O)OCc4ccccc4)C3)[C@H](C)[C@H]12. The Bertz CT molecular complexity index is 1040. The zero-order chi connectivity index (χ0) is 25.3. The predicted octanol–water partition coefficient (Wildman–Crippen LogP) is 1.85. The van der Waals surface area contributed by atoms with Crippen LogP contribution in [0.25, 0.3) is 0 Å². The van der Waals surface area contributed by atoms with E-state index >= 15 is 0 Å². The zero-order valence-corrected chi connectivity index (χ0v) is 20.5. The van der Waals surface area contributed by atoms with Gasteiger partial charge >= 0.3 is 12.1 Å². The summed E-state index contributed by atoms with van der Waals surface area (Å²) in [5, 5.41) is 30.7. The lowest BCUT2D eigenvalue weighted by atomic mass is 9.79. The molecule has 4 rings (SSSR count). The van der Waals surface area contributed by atoms with E-state index in [0.29, 0.717) is 30.3 Å². The summed E-state index contributed by atoms with van der Waals surface area (Å²) in [6.45, 7) is 5.10. The number of aliphatic carboxylic acids is 1. The van der Waals surface area contributed by atoms with Gasteiger partial charge in [0.1, 0.15) is 12.3 Å². The molecular weight excluding hydrogens is 472 g/mol. The molecule has 0 radical (unpaired) electrons. The molecule has 0 spiro atoms. The van der Waals surface area contributed by atoms with Crippen molar-refractivity contribution in [3.05, 3.63) is 46.5 Å². The molecule has 10 nitrogen and oxygen atoms in total. The van der Waals surface area contributed by atoms with Crippen LogP contribution in [0.4, 0.5) is 4.79 Å². The molecule has 0 saturated carbocycles. The fraction of sp³-hybridized carbons (Fsp3) is 0.500. The summed E-state index contributed by atoms with van der Waals surface area (Å²) in [5.41, 5.74) is 0.925. The monoisotopic (exact) mass is 502 g/mol. The molecule has 0 bridgehead atoms. The standard InChI is InChI=1S/C24H30N4O6S/c1-13-19-18(14(2)29)22(30)28(19)20(23(31)32)21(13)35-16-10-27(11-16)17(25)8-9-26-24(33)34-12-15-6-4-3-5-7-15/h3-7,13-14,16,18-19,25,29H,8-12H2,1-2H3,(H,26,33)(H,31,32)/t13-,14-,18-,19-/m1/s1. The highest BCUT2D eigenvalue weighted by Crippen LogP contribution is 2.51. The van der Waals surface area contributed by atoms with Crippen LogP contribution in [0, 0.1) is 17.2 Å². The van der Waals surface area contributed by atoms with Gasteiger partial charge in [-0.2, -0.15) is 0 Å². The van der Waals surface area contributed by atoms with Crippen LogP contribution in [-0.2, 0) is 20.9 Å². The molecule has 188 valence electrons. The Hall–Kier alpha value is -3.05. The highest BCUT2D eigenvalue weighted by atomic mass is 32.2. The van der Waals surface area contributed by atoms with Crippen molar-refractivity contribution < 1.29 is 29.3 Å². The summed E-state index contributed by atoms with van der Waals surface area (Å²) in [6.07, 6.45) is -0.996. The molecule has 35 heavy (non-hydrogen) atoms. The predicted molar refractivity (Wildman–Crippen MR) is 130 cm³/mol. The number of fused-ring (bicyclic) bond motifs is 1. The van der Waals surface area contributed by atoms with Crippen molar-refractivity contribution in [2.45, 2.75) is 44.3 Å². The van der Waals surface area contributed by atoms with E-state index in [9.17, 15) is 24.6 Å². The first-order valence-electron chi connectivity index (χ1n) is 11.6. The molecule has 11 heteroatoms. The number of carboxylic acid groups (broad SMARTS) is 1. The number of alkyl carbamates (subject to hydrolysis) is 1. The normalized spacial score (nSPS) is 24.4. The Morgan fingerprint density at radius 2 is 1.97 bits per heavy atom. The van der Waals surface area contributed by atoms with Gasteiger partial charge < -0.3 is 30.1 Å². The lowest BCUT2D eigenvalue weighted by Crippen LogP contribution is -2.63. The Morgan fingerprint density at radius 1 is 1.29 bits per heavy atom. The number of β-lactam (4-membered cyclic amide) rings is 1. The number of carboxylic acids is 1. The molecule has 3 heterocycles. The van der Waals surface area contributed by atoms with E-state index in [1.165, 1.54) is 16.7 Å². The van der Waals surface area contributed by atoms with Gasteiger partial charge in [0.15, 0.2) is 0 Å². The molecular formula is C24H30N4O6S. The summed E-state index contributed by atoms with van der Waals surface area (Å²) in [6, 6.07) is 9.05. The molecule has 0 unspecified atom stereocenters. The van der Waals surface area contributed by atoms with Crippen LogP contribution in [0.15, 0.2) is 40.9 Å². The van der Waals surface area contributed by atoms with E-state index < -0.39 is 24.1 Å². The third-order valence-electron chi connectivity index (χ3n) is 6.68. The van der Waals surface area contributed by atoms with Gasteiger partial charge in [0.2, 0.25) is 5.91 Å². The molecule has 2 fully saturated rings. The average molecular weight is 503 g/mol. The summed E-state index contributed by atoms with van der Waals surface area (Å²) in [5.74, 6) is -1.81. The quantitative estimate of drug-likeness (QED) is 0.228. The van der Waals surface area contributed by atoms with Crippen molar-refractivity contribution in [2.24, 2.45) is 11.8 Å². The van der Waals surface area contributed by atoms with Crippen LogP contribution in [-0.4, -0.2) is 80.8 Å². The van der Waals surface area contributed by atoms with Crippen LogP contribution < -0.4 is 5.32 Å². The number of carbonyl (C=O) groups is 3. The molecule has 2 saturated heterocycles. The zero-order valence-electron chi connectivity index (χ0n) is 19.6. The molecule has 4 N–H and O–H groups in total. The third kappa shape index (κ3) is 5.01. The molecule has 4 atom stereocenters. The number of aliphatic hydroxyl groups excluding tert-OH is 1. The first-order chi connectivity index (χ1) is 16.7. The van der Waals surface area contributed by atoms with Crippen molar-refractivity contribution in [2.75, 3.05) is 19.6 Å². The summed E-state index contributed by atoms with van der Waals surface area (Å²) in [7, 11) is 0. The number of ether oxygens (including phenoxy) is 1. The van der Waals surface area contributed by atoms with Crippen LogP contribution >= 0.6 is 11.8 Å². The van der Waals surface area contributed by atoms with Gasteiger partial charge in [-0.25, -0.2) is 9.59 Å². The van der Waals surface area contributed by atoms with Crippen molar-refractivity contribution in [1.29, 1.82) is 5.41 Å². The van der Waals surface area contributed by atoms with E-state index in [4.69, 9.17) is 10.1 Å². The molecule has 0 aliphatic carbocycles. The fourth-order valence-corrected chi connectivity index (χ4v) is 6.33. The van der Waals surface area contributed by atoms with E-state index in [1.807, 2.05) is 42.2 Å². The van der Waals surface area contributed by atoms with Crippen LogP contribution in [0.1, 0.15) is 25.8 Å². The van der Waals surface area contributed by atoms with Crippen LogP contribution in [0.2, 0.25) is 0 Å². The number of hydrogen-bond donors (Lipinski definition) is 4. The number of hydrogen-bond acceptors (Lipinski definition) is 7. The summed E-state index contributed by atoms with van der Waals surface area (Å²) < 4.78 is 5.16. The lowest BCUT2D eigenvalue weighted by Gasteiger charge is -2.46. The average Bonchev–Trinajstić information content (AvgIpc) is 3.03. The third-order valence-corrected chi connectivity index (χ3v) is 8.13. The van der Waals surface area contributed by atoms with Gasteiger partial charge in [-0.05, 0) is 12.5 Å². The highest BCUT2D eigenvalue weighted by molar-refractivity contribution is 8.03. The van der Waals surface area contributed by atoms with Crippen LogP contribution in [0.3, 0.4) is 0 Å². The van der Waals surface area contributed by atoms with Gasteiger partial charge in [-0.15, -0.1) is 11.8 Å². The van der Waals surface area contributed by atoms with E-state index in [0.717, 1.165) is 5.56 Å². The minimum atomic E-state index is -1.13. The fourth-order valence-electron chi connectivity index (χ4n) is 4.81. The van der Waals surface area contributed by atoms with Crippen molar-refractivity contribution in [1.82, 2.24) is 15.1 Å². The summed E-state index contributed by atoms with van der Waals surface area (Å²) in [4.78, 5) is 40.1. The van der Waals surface area contributed by atoms with Crippen molar-refractivity contribution in [3.8, 4) is 0 Å². The lowest BCUT2D eigenvalue weighted by molar-refractivity contribution is -0.163. The van der Waals surface area contributed by atoms with Gasteiger partial charge in [-0.1, -0.05) is 37.3 Å².